The summed E-state index contributed by atoms with van der Waals surface area (Å²) in [6, 6.07) is 20.2. The zero-order valence-corrected chi connectivity index (χ0v) is 15.1. The van der Waals surface area contributed by atoms with Gasteiger partial charge in [0.15, 0.2) is 0 Å². The highest BCUT2D eigenvalue weighted by Gasteiger charge is 2.20. The number of carbonyl (C=O) groups is 1. The summed E-state index contributed by atoms with van der Waals surface area (Å²) in [6.07, 6.45) is 0. The number of halogens is 1. The first-order chi connectivity index (χ1) is 13.1. The van der Waals surface area contributed by atoms with E-state index in [1.807, 2.05) is 48.5 Å². The fourth-order valence-corrected chi connectivity index (χ4v) is 2.81. The van der Waals surface area contributed by atoms with Crippen molar-refractivity contribution in [2.75, 3.05) is 14.2 Å². The van der Waals surface area contributed by atoms with Crippen LogP contribution in [0.15, 0.2) is 72.8 Å². The van der Waals surface area contributed by atoms with Crippen molar-refractivity contribution >= 4 is 5.91 Å². The standard InChI is InChI=1S/C22H20FNO3/c1-26-17-11-7-15(8-12-17)21(16-9-13-18(27-2)14-10-16)24-22(25)19-5-3-4-6-20(19)23/h3-14,21H,1-2H3,(H,24,25). The van der Waals surface area contributed by atoms with Crippen LogP contribution < -0.4 is 14.8 Å². The van der Waals surface area contributed by atoms with Gasteiger partial charge in [-0.1, -0.05) is 36.4 Å². The van der Waals surface area contributed by atoms with Crippen LogP contribution in [0.2, 0.25) is 0 Å². The molecule has 0 unspecified atom stereocenters. The van der Waals surface area contributed by atoms with Gasteiger partial charge in [-0.2, -0.15) is 0 Å². The minimum Gasteiger partial charge on any atom is -0.497 e. The van der Waals surface area contributed by atoms with E-state index in [4.69, 9.17) is 9.47 Å². The van der Waals surface area contributed by atoms with Gasteiger partial charge in [0.2, 0.25) is 0 Å². The Labute approximate surface area is 157 Å². The number of carbonyl (C=O) groups excluding carboxylic acids is 1. The van der Waals surface area contributed by atoms with Gasteiger partial charge in [0.05, 0.1) is 25.8 Å². The van der Waals surface area contributed by atoms with Crippen molar-refractivity contribution in [3.8, 4) is 11.5 Å². The molecule has 3 aromatic carbocycles. The molecular formula is C22H20FNO3. The molecule has 0 bridgehead atoms. The second kappa shape index (κ2) is 8.36. The van der Waals surface area contributed by atoms with Crippen LogP contribution in [0.25, 0.3) is 0 Å². The Kier molecular flexibility index (Phi) is 5.71. The lowest BCUT2D eigenvalue weighted by molar-refractivity contribution is 0.0939. The summed E-state index contributed by atoms with van der Waals surface area (Å²) >= 11 is 0. The lowest BCUT2D eigenvalue weighted by atomic mass is 9.98. The van der Waals surface area contributed by atoms with E-state index in [-0.39, 0.29) is 5.56 Å². The van der Waals surface area contributed by atoms with Crippen molar-refractivity contribution in [1.29, 1.82) is 0 Å². The Morgan fingerprint density at radius 1 is 0.815 bits per heavy atom. The molecule has 0 saturated carbocycles. The number of hydrogen-bond donors (Lipinski definition) is 1. The van der Waals surface area contributed by atoms with Crippen molar-refractivity contribution in [2.24, 2.45) is 0 Å². The quantitative estimate of drug-likeness (QED) is 0.706. The van der Waals surface area contributed by atoms with Gasteiger partial charge in [-0.3, -0.25) is 4.79 Å². The van der Waals surface area contributed by atoms with E-state index in [0.717, 1.165) is 11.1 Å². The minimum atomic E-state index is -0.557. The zero-order chi connectivity index (χ0) is 19.2. The van der Waals surface area contributed by atoms with Gasteiger partial charge in [-0.05, 0) is 47.5 Å². The van der Waals surface area contributed by atoms with E-state index < -0.39 is 17.8 Å². The van der Waals surface area contributed by atoms with Gasteiger partial charge >= 0.3 is 0 Å². The topological polar surface area (TPSA) is 47.6 Å². The number of benzene rings is 3. The molecular weight excluding hydrogens is 345 g/mol. The first kappa shape index (κ1) is 18.5. The third kappa shape index (κ3) is 4.26. The highest BCUT2D eigenvalue weighted by atomic mass is 19.1. The lowest BCUT2D eigenvalue weighted by Gasteiger charge is -2.21. The van der Waals surface area contributed by atoms with E-state index in [9.17, 15) is 9.18 Å². The second-order valence-electron chi connectivity index (χ2n) is 5.93. The van der Waals surface area contributed by atoms with Gasteiger partial charge in [0, 0.05) is 0 Å². The third-order valence-corrected chi connectivity index (χ3v) is 4.29. The van der Waals surface area contributed by atoms with E-state index >= 15 is 0 Å². The van der Waals surface area contributed by atoms with Crippen molar-refractivity contribution in [3.05, 3.63) is 95.3 Å². The molecule has 0 aliphatic rings. The third-order valence-electron chi connectivity index (χ3n) is 4.29. The molecule has 0 radical (unpaired) electrons. The van der Waals surface area contributed by atoms with Crippen LogP contribution in [0.3, 0.4) is 0 Å². The molecule has 3 rings (SSSR count). The first-order valence-electron chi connectivity index (χ1n) is 8.45. The largest absolute Gasteiger partial charge is 0.497 e. The summed E-state index contributed by atoms with van der Waals surface area (Å²) < 4.78 is 24.4. The van der Waals surface area contributed by atoms with Crippen molar-refractivity contribution in [2.45, 2.75) is 6.04 Å². The zero-order valence-electron chi connectivity index (χ0n) is 15.1. The van der Waals surface area contributed by atoms with Crippen LogP contribution in [-0.2, 0) is 0 Å². The normalized spacial score (nSPS) is 10.5. The van der Waals surface area contributed by atoms with Gasteiger partial charge < -0.3 is 14.8 Å². The molecule has 4 nitrogen and oxygen atoms in total. The Morgan fingerprint density at radius 2 is 1.30 bits per heavy atom. The molecule has 0 heterocycles. The van der Waals surface area contributed by atoms with E-state index in [2.05, 4.69) is 5.32 Å². The smallest absolute Gasteiger partial charge is 0.255 e. The van der Waals surface area contributed by atoms with Gasteiger partial charge in [0.25, 0.3) is 5.91 Å². The first-order valence-corrected chi connectivity index (χ1v) is 8.45. The van der Waals surface area contributed by atoms with Gasteiger partial charge in [-0.15, -0.1) is 0 Å². The average molecular weight is 365 g/mol. The Morgan fingerprint density at radius 3 is 1.74 bits per heavy atom. The summed E-state index contributed by atoms with van der Waals surface area (Å²) in [5.41, 5.74) is 1.71. The molecule has 3 aromatic rings. The second-order valence-corrected chi connectivity index (χ2v) is 5.93. The highest BCUT2D eigenvalue weighted by molar-refractivity contribution is 5.95. The molecule has 1 N–H and O–H groups in total. The minimum absolute atomic E-state index is 0.00419. The molecule has 5 heteroatoms. The van der Waals surface area contributed by atoms with Crippen molar-refractivity contribution < 1.29 is 18.7 Å². The van der Waals surface area contributed by atoms with Crippen LogP contribution in [0.1, 0.15) is 27.5 Å². The van der Waals surface area contributed by atoms with Gasteiger partial charge in [-0.25, -0.2) is 4.39 Å². The molecule has 0 aromatic heterocycles. The summed E-state index contributed by atoms with van der Waals surface area (Å²) in [4.78, 5) is 12.7. The van der Waals surface area contributed by atoms with Crippen LogP contribution >= 0.6 is 0 Å². The fourth-order valence-electron chi connectivity index (χ4n) is 2.81. The molecule has 27 heavy (non-hydrogen) atoms. The molecule has 0 fully saturated rings. The predicted octanol–water partition coefficient (Wildman–Crippen LogP) is 4.36. The summed E-state index contributed by atoms with van der Waals surface area (Å²) in [6.45, 7) is 0. The fraction of sp³-hybridized carbons (Fsp3) is 0.136. The molecule has 0 spiro atoms. The van der Waals surface area contributed by atoms with Crippen molar-refractivity contribution in [3.63, 3.8) is 0 Å². The number of amides is 1. The maximum atomic E-state index is 14.0. The predicted molar refractivity (Wildman–Crippen MR) is 102 cm³/mol. The van der Waals surface area contributed by atoms with Crippen LogP contribution in [0.5, 0.6) is 11.5 Å². The van der Waals surface area contributed by atoms with Crippen LogP contribution in [0, 0.1) is 5.82 Å². The molecule has 1 amide bonds. The molecule has 138 valence electrons. The summed E-state index contributed by atoms with van der Waals surface area (Å²) in [7, 11) is 3.19. The number of methoxy groups -OCH3 is 2. The highest BCUT2D eigenvalue weighted by Crippen LogP contribution is 2.26. The lowest BCUT2D eigenvalue weighted by Crippen LogP contribution is -2.30. The SMILES string of the molecule is COc1ccc(C(NC(=O)c2ccccc2F)c2ccc(OC)cc2)cc1. The molecule has 0 aliphatic heterocycles. The van der Waals surface area contributed by atoms with E-state index in [1.54, 1.807) is 26.4 Å². The van der Waals surface area contributed by atoms with Crippen molar-refractivity contribution in [1.82, 2.24) is 5.32 Å². The van der Waals surface area contributed by atoms with Gasteiger partial charge in [0.1, 0.15) is 17.3 Å². The average Bonchev–Trinajstić information content (AvgIpc) is 2.72. The number of hydrogen-bond acceptors (Lipinski definition) is 3. The Hall–Kier alpha value is -3.34. The molecule has 0 saturated heterocycles. The Bertz CT molecular complexity index is 860. The Balaban J connectivity index is 1.95. The van der Waals surface area contributed by atoms with Crippen LogP contribution in [-0.4, -0.2) is 20.1 Å². The number of ether oxygens (including phenoxy) is 2. The molecule has 0 atom stereocenters. The monoisotopic (exact) mass is 365 g/mol. The maximum Gasteiger partial charge on any atom is 0.255 e. The maximum absolute atomic E-state index is 14.0. The van der Waals surface area contributed by atoms with Crippen LogP contribution in [0.4, 0.5) is 4.39 Å². The van der Waals surface area contributed by atoms with E-state index in [0.29, 0.717) is 11.5 Å². The summed E-state index contributed by atoms with van der Waals surface area (Å²) in [5.74, 6) is 0.392. The number of nitrogens with one attached hydrogen (secondary N) is 1. The van der Waals surface area contributed by atoms with E-state index in [1.165, 1.54) is 12.1 Å². The summed E-state index contributed by atoms with van der Waals surface area (Å²) in [5, 5.41) is 2.92. The number of rotatable bonds is 6. The molecule has 0 aliphatic carbocycles.